The number of hydrogen-bond acceptors (Lipinski definition) is 8. The van der Waals surface area contributed by atoms with E-state index in [4.69, 9.17) is 28.4 Å². The second-order valence-corrected chi connectivity index (χ2v) is 13.8. The molecule has 266 valence electrons. The summed E-state index contributed by atoms with van der Waals surface area (Å²) in [6.07, 6.45) is 1.26. The van der Waals surface area contributed by atoms with Gasteiger partial charge < -0.3 is 28.4 Å². The van der Waals surface area contributed by atoms with Crippen molar-refractivity contribution in [3.8, 4) is 5.75 Å². The van der Waals surface area contributed by atoms with Gasteiger partial charge in [0.1, 0.15) is 41.9 Å². The molecule has 0 radical (unpaired) electrons. The Morgan fingerprint density at radius 2 is 1.42 bits per heavy atom. The van der Waals surface area contributed by atoms with Crippen LogP contribution in [-0.4, -0.2) is 94.2 Å². The van der Waals surface area contributed by atoms with Crippen LogP contribution in [0.15, 0.2) is 42.0 Å². The monoisotopic (exact) mass is 677 g/mol. The molecule has 2 aromatic rings. The quantitative estimate of drug-likeness (QED) is 0.128. The Balaban J connectivity index is 1.20. The molecule has 0 fully saturated rings. The van der Waals surface area contributed by atoms with Gasteiger partial charge in [-0.05, 0) is 76.7 Å². The summed E-state index contributed by atoms with van der Waals surface area (Å²) >= 11 is 0. The maximum Gasteiger partial charge on any atom is 0.332 e. The first-order chi connectivity index (χ1) is 22.7. The fourth-order valence-electron chi connectivity index (χ4n) is 6.16. The summed E-state index contributed by atoms with van der Waals surface area (Å²) in [6.45, 7) is 12.5. The summed E-state index contributed by atoms with van der Waals surface area (Å²) in [4.78, 5) is 13.5. The molecule has 1 aliphatic carbocycles. The van der Waals surface area contributed by atoms with Crippen molar-refractivity contribution in [2.24, 2.45) is 0 Å². The summed E-state index contributed by atoms with van der Waals surface area (Å²) in [6, 6.07) is 9.59. The predicted octanol–water partition coefficient (Wildman–Crippen LogP) is 6.65. The lowest BCUT2D eigenvalue weighted by molar-refractivity contribution is -0.160. The van der Waals surface area contributed by atoms with Gasteiger partial charge in [0.05, 0.1) is 52.3 Å². The number of ether oxygens (including phenoxy) is 6. The smallest absolute Gasteiger partial charge is 0.332 e. The number of esters is 1. The normalized spacial score (nSPS) is 18.2. The standard InChI is InChI=1S/C37H50F3NO7/c1-25-19-29-28-10-8-7-9-26(28)20-30(29)35(41(25)24-37(5,6)40)34-31(38)21-27(22-32(34)39)47-18-17-45-14-13-43-11-12-44-15-16-46-23-33(42)48-36(2,3)4/h7-10,21-22,25,35H,11-20,23-24H2,1-6H3/t25-,35+/m1/s1. The molecule has 1 aliphatic heterocycles. The first-order valence-electron chi connectivity index (χ1n) is 16.6. The molecule has 0 saturated heterocycles. The summed E-state index contributed by atoms with van der Waals surface area (Å²) in [7, 11) is 0. The van der Waals surface area contributed by atoms with Crippen molar-refractivity contribution in [1.29, 1.82) is 0 Å². The van der Waals surface area contributed by atoms with Crippen molar-refractivity contribution in [1.82, 2.24) is 4.90 Å². The Bertz CT molecular complexity index is 1380. The van der Waals surface area contributed by atoms with Crippen molar-refractivity contribution >= 4 is 11.5 Å². The zero-order chi connectivity index (χ0) is 34.9. The zero-order valence-corrected chi connectivity index (χ0v) is 29.0. The third kappa shape index (κ3) is 11.0. The van der Waals surface area contributed by atoms with Crippen LogP contribution in [0, 0.1) is 11.6 Å². The number of benzene rings is 2. The molecule has 0 saturated carbocycles. The predicted molar refractivity (Wildman–Crippen MR) is 177 cm³/mol. The van der Waals surface area contributed by atoms with E-state index in [1.807, 2.05) is 30.0 Å². The van der Waals surface area contributed by atoms with Gasteiger partial charge in [0, 0.05) is 30.3 Å². The van der Waals surface area contributed by atoms with E-state index < -0.39 is 34.9 Å². The van der Waals surface area contributed by atoms with Crippen LogP contribution in [0.1, 0.15) is 70.7 Å². The molecule has 2 aromatic carbocycles. The van der Waals surface area contributed by atoms with Crippen LogP contribution < -0.4 is 4.74 Å². The van der Waals surface area contributed by atoms with Gasteiger partial charge in [-0.1, -0.05) is 24.3 Å². The summed E-state index contributed by atoms with van der Waals surface area (Å²) < 4.78 is 79.0. The first kappa shape index (κ1) is 37.9. The van der Waals surface area contributed by atoms with Crippen LogP contribution in [0.5, 0.6) is 5.75 Å². The highest BCUT2D eigenvalue weighted by Crippen LogP contribution is 2.50. The van der Waals surface area contributed by atoms with Gasteiger partial charge >= 0.3 is 5.97 Å². The Labute approximate surface area is 282 Å². The highest BCUT2D eigenvalue weighted by atomic mass is 19.1. The average molecular weight is 678 g/mol. The fourth-order valence-corrected chi connectivity index (χ4v) is 6.16. The molecule has 4 rings (SSSR count). The Morgan fingerprint density at radius 3 is 2.00 bits per heavy atom. The number of nitrogens with zero attached hydrogens (tertiary/aromatic N) is 1. The molecule has 8 nitrogen and oxygen atoms in total. The van der Waals surface area contributed by atoms with Gasteiger partial charge in [0.2, 0.25) is 0 Å². The number of carbonyl (C=O) groups excluding carboxylic acids is 1. The molecule has 2 atom stereocenters. The number of carbonyl (C=O) groups is 1. The molecule has 1 heterocycles. The zero-order valence-electron chi connectivity index (χ0n) is 29.0. The van der Waals surface area contributed by atoms with E-state index in [-0.39, 0.29) is 50.3 Å². The van der Waals surface area contributed by atoms with Crippen LogP contribution in [0.4, 0.5) is 13.2 Å². The summed E-state index contributed by atoms with van der Waals surface area (Å²) in [5, 5.41) is 0. The van der Waals surface area contributed by atoms with E-state index in [1.54, 1.807) is 20.8 Å². The van der Waals surface area contributed by atoms with Gasteiger partial charge in [-0.25, -0.2) is 18.0 Å². The molecule has 0 N–H and O–H groups in total. The lowest BCUT2D eigenvalue weighted by Gasteiger charge is -2.44. The molecule has 0 aromatic heterocycles. The Morgan fingerprint density at radius 1 is 0.854 bits per heavy atom. The lowest BCUT2D eigenvalue weighted by atomic mass is 9.84. The van der Waals surface area contributed by atoms with E-state index in [2.05, 4.69) is 6.07 Å². The van der Waals surface area contributed by atoms with Crippen molar-refractivity contribution in [2.75, 3.05) is 66.0 Å². The summed E-state index contributed by atoms with van der Waals surface area (Å²) in [5.74, 6) is -1.80. The van der Waals surface area contributed by atoms with Crippen LogP contribution in [0.2, 0.25) is 0 Å². The van der Waals surface area contributed by atoms with Crippen LogP contribution in [0.25, 0.3) is 5.57 Å². The van der Waals surface area contributed by atoms with Gasteiger partial charge in [0.15, 0.2) is 0 Å². The Hall–Kier alpha value is -2.96. The molecular formula is C37H50F3NO7. The van der Waals surface area contributed by atoms with E-state index in [1.165, 1.54) is 26.0 Å². The number of hydrogen-bond donors (Lipinski definition) is 0. The summed E-state index contributed by atoms with van der Waals surface area (Å²) in [5.41, 5.74) is 2.09. The van der Waals surface area contributed by atoms with E-state index in [0.29, 0.717) is 45.9 Å². The SMILES string of the molecule is C[C@@H]1CC2=C(Cc3ccccc32)[C@@H](c2c(F)cc(OCCOCCOCCOCCOCC(=O)OC(C)(C)C)cc2F)N1CC(C)(C)F. The number of alkyl halides is 1. The van der Waals surface area contributed by atoms with Crippen LogP contribution in [-0.2, 0) is 34.9 Å². The van der Waals surface area contributed by atoms with Gasteiger partial charge in [-0.3, -0.25) is 4.90 Å². The minimum Gasteiger partial charge on any atom is -0.491 e. The molecule has 0 unspecified atom stereocenters. The number of halogens is 3. The largest absolute Gasteiger partial charge is 0.491 e. The lowest BCUT2D eigenvalue weighted by Crippen LogP contribution is -2.47. The van der Waals surface area contributed by atoms with Gasteiger partial charge in [0.25, 0.3) is 0 Å². The minimum absolute atomic E-state index is 0.0451. The van der Waals surface area contributed by atoms with Gasteiger partial charge in [-0.15, -0.1) is 0 Å². The van der Waals surface area contributed by atoms with Crippen molar-refractivity contribution in [2.45, 2.75) is 77.7 Å². The second-order valence-electron chi connectivity index (χ2n) is 13.8. The third-order valence-corrected chi connectivity index (χ3v) is 7.98. The molecule has 2 aliphatic rings. The number of rotatable bonds is 18. The molecule has 11 heteroatoms. The van der Waals surface area contributed by atoms with Crippen LogP contribution >= 0.6 is 0 Å². The van der Waals surface area contributed by atoms with Gasteiger partial charge in [-0.2, -0.15) is 0 Å². The highest BCUT2D eigenvalue weighted by molar-refractivity contribution is 5.79. The van der Waals surface area contributed by atoms with Crippen molar-refractivity contribution in [3.05, 3.63) is 70.3 Å². The van der Waals surface area contributed by atoms with E-state index in [0.717, 1.165) is 22.3 Å². The minimum atomic E-state index is -1.55. The molecule has 48 heavy (non-hydrogen) atoms. The topological polar surface area (TPSA) is 75.7 Å². The Kier molecular flexibility index (Phi) is 13.5. The average Bonchev–Trinajstić information content (AvgIpc) is 3.35. The molecule has 0 spiro atoms. The molecule has 0 bridgehead atoms. The second kappa shape index (κ2) is 17.1. The van der Waals surface area contributed by atoms with E-state index >= 15 is 13.2 Å². The molecule has 0 amide bonds. The third-order valence-electron chi connectivity index (χ3n) is 7.98. The maximum absolute atomic E-state index is 15.8. The van der Waals surface area contributed by atoms with E-state index in [9.17, 15) is 4.79 Å². The van der Waals surface area contributed by atoms with Crippen molar-refractivity contribution in [3.63, 3.8) is 0 Å². The molecular weight excluding hydrogens is 627 g/mol. The maximum atomic E-state index is 15.8. The number of fused-ring (bicyclic) bond motifs is 2. The first-order valence-corrected chi connectivity index (χ1v) is 16.6. The highest BCUT2D eigenvalue weighted by Gasteiger charge is 2.43. The fraction of sp³-hybridized carbons (Fsp3) is 0.595. The van der Waals surface area contributed by atoms with Crippen LogP contribution in [0.3, 0.4) is 0 Å². The van der Waals surface area contributed by atoms with Crippen molar-refractivity contribution < 1.29 is 46.4 Å².